The largest absolute Gasteiger partial charge is 0.302 e. The van der Waals surface area contributed by atoms with E-state index in [4.69, 9.17) is 0 Å². The Balaban J connectivity index is 1.52. The Labute approximate surface area is 109 Å². The molecule has 0 radical (unpaired) electrons. The zero-order chi connectivity index (χ0) is 12.4. The summed E-state index contributed by atoms with van der Waals surface area (Å²) in [6.45, 7) is 3.50. The zero-order valence-corrected chi connectivity index (χ0v) is 10.8. The molecule has 2 fully saturated rings. The Hall–Kier alpha value is -1.15. The van der Waals surface area contributed by atoms with Crippen molar-refractivity contribution in [2.24, 2.45) is 11.8 Å². The van der Waals surface area contributed by atoms with Gasteiger partial charge in [0.15, 0.2) is 0 Å². The van der Waals surface area contributed by atoms with Crippen molar-refractivity contribution in [3.05, 3.63) is 35.9 Å². The zero-order valence-electron chi connectivity index (χ0n) is 10.8. The molecule has 1 aliphatic heterocycles. The summed E-state index contributed by atoms with van der Waals surface area (Å²) in [5.41, 5.74) is 1.42. The minimum absolute atomic E-state index is 0.487. The third-order valence-corrected chi connectivity index (χ3v) is 4.50. The summed E-state index contributed by atoms with van der Waals surface area (Å²) in [5, 5.41) is 0. The fraction of sp³-hybridized carbons (Fsp3) is 0.562. The number of hydrogen-bond donors (Lipinski definition) is 0. The first-order valence-electron chi connectivity index (χ1n) is 7.09. The first-order valence-corrected chi connectivity index (χ1v) is 7.09. The Morgan fingerprint density at radius 1 is 1.11 bits per heavy atom. The van der Waals surface area contributed by atoms with Crippen molar-refractivity contribution in [3.8, 4) is 0 Å². The smallest absolute Gasteiger partial charge is 0.133 e. The normalized spacial score (nSPS) is 28.3. The van der Waals surface area contributed by atoms with Crippen LogP contribution in [-0.4, -0.2) is 30.3 Å². The molecule has 3 rings (SSSR count). The van der Waals surface area contributed by atoms with Gasteiger partial charge < -0.3 is 4.90 Å². The van der Waals surface area contributed by atoms with Crippen molar-refractivity contribution in [2.45, 2.75) is 25.7 Å². The molecule has 2 atom stereocenters. The third kappa shape index (κ3) is 2.64. The summed E-state index contributed by atoms with van der Waals surface area (Å²) in [7, 11) is 0. The molecule has 0 bridgehead atoms. The van der Waals surface area contributed by atoms with Crippen LogP contribution in [0.15, 0.2) is 30.3 Å². The Morgan fingerprint density at radius 2 is 1.89 bits per heavy atom. The Morgan fingerprint density at radius 3 is 2.72 bits per heavy atom. The second-order valence-electron chi connectivity index (χ2n) is 5.80. The second kappa shape index (κ2) is 5.23. The van der Waals surface area contributed by atoms with Gasteiger partial charge in [-0.15, -0.1) is 0 Å². The molecule has 1 saturated heterocycles. The molecule has 1 aliphatic carbocycles. The molecule has 2 nitrogen and oxygen atoms in total. The van der Waals surface area contributed by atoms with Crippen molar-refractivity contribution < 1.29 is 4.79 Å². The van der Waals surface area contributed by atoms with E-state index in [-0.39, 0.29) is 0 Å². The maximum Gasteiger partial charge on any atom is 0.133 e. The lowest BCUT2D eigenvalue weighted by atomic mass is 9.81. The molecule has 0 aromatic heterocycles. The van der Waals surface area contributed by atoms with Gasteiger partial charge in [-0.3, -0.25) is 4.79 Å². The van der Waals surface area contributed by atoms with Crippen LogP contribution in [-0.2, 0) is 11.2 Å². The quantitative estimate of drug-likeness (QED) is 0.813. The van der Waals surface area contributed by atoms with E-state index in [1.165, 1.54) is 12.1 Å². The molecule has 0 spiro atoms. The van der Waals surface area contributed by atoms with Crippen LogP contribution in [0.1, 0.15) is 24.8 Å². The molecule has 0 amide bonds. The number of benzene rings is 1. The molecular weight excluding hydrogens is 222 g/mol. The average Bonchev–Trinajstić information content (AvgIpc) is 2.79. The number of carbonyl (C=O) groups is 1. The van der Waals surface area contributed by atoms with Crippen LogP contribution in [0.4, 0.5) is 0 Å². The van der Waals surface area contributed by atoms with Gasteiger partial charge in [-0.1, -0.05) is 30.3 Å². The van der Waals surface area contributed by atoms with Gasteiger partial charge in [-0.05, 0) is 30.2 Å². The topological polar surface area (TPSA) is 20.3 Å². The van der Waals surface area contributed by atoms with Gasteiger partial charge in [0, 0.05) is 32.5 Å². The molecule has 0 N–H and O–H groups in total. The predicted octanol–water partition coefficient (Wildman–Crippen LogP) is 2.53. The summed E-state index contributed by atoms with van der Waals surface area (Å²) >= 11 is 0. The maximum atomic E-state index is 11.5. The number of hydrogen-bond acceptors (Lipinski definition) is 2. The third-order valence-electron chi connectivity index (χ3n) is 4.50. The van der Waals surface area contributed by atoms with E-state index >= 15 is 0 Å². The minimum atomic E-state index is 0.487. The van der Waals surface area contributed by atoms with Crippen LogP contribution in [0.5, 0.6) is 0 Å². The summed E-state index contributed by atoms with van der Waals surface area (Å²) in [6, 6.07) is 10.7. The summed E-state index contributed by atoms with van der Waals surface area (Å²) < 4.78 is 0. The van der Waals surface area contributed by atoms with Crippen molar-refractivity contribution in [1.29, 1.82) is 0 Å². The first kappa shape index (κ1) is 11.9. The number of carbonyl (C=O) groups excluding carboxylic acids is 1. The Bertz CT molecular complexity index is 414. The second-order valence-corrected chi connectivity index (χ2v) is 5.80. The molecule has 1 aromatic rings. The van der Waals surface area contributed by atoms with Crippen LogP contribution < -0.4 is 0 Å². The maximum absolute atomic E-state index is 11.5. The number of nitrogens with zero attached hydrogens (tertiary/aromatic N) is 1. The van der Waals surface area contributed by atoms with Crippen molar-refractivity contribution in [2.75, 3.05) is 19.6 Å². The van der Waals surface area contributed by atoms with Gasteiger partial charge in [-0.25, -0.2) is 0 Å². The summed E-state index contributed by atoms with van der Waals surface area (Å²) in [6.07, 6.45) is 3.93. The van der Waals surface area contributed by atoms with E-state index in [1.54, 1.807) is 0 Å². The van der Waals surface area contributed by atoms with Crippen molar-refractivity contribution in [1.82, 2.24) is 4.90 Å². The van der Waals surface area contributed by atoms with Crippen LogP contribution in [0.25, 0.3) is 0 Å². The number of likely N-dealkylation sites (tertiary alicyclic amines) is 1. The van der Waals surface area contributed by atoms with Crippen LogP contribution in [0.3, 0.4) is 0 Å². The van der Waals surface area contributed by atoms with E-state index in [9.17, 15) is 4.79 Å². The molecule has 2 heteroatoms. The number of ketones is 1. The lowest BCUT2D eigenvalue weighted by Crippen LogP contribution is -2.23. The van der Waals surface area contributed by atoms with Crippen molar-refractivity contribution >= 4 is 5.78 Å². The fourth-order valence-corrected chi connectivity index (χ4v) is 3.45. The van der Waals surface area contributed by atoms with E-state index in [2.05, 4.69) is 35.2 Å². The van der Waals surface area contributed by atoms with Gasteiger partial charge in [0.1, 0.15) is 5.78 Å². The lowest BCUT2D eigenvalue weighted by Gasteiger charge is -2.22. The van der Waals surface area contributed by atoms with Crippen LogP contribution >= 0.6 is 0 Å². The van der Waals surface area contributed by atoms with Gasteiger partial charge >= 0.3 is 0 Å². The monoisotopic (exact) mass is 243 g/mol. The summed E-state index contributed by atoms with van der Waals surface area (Å²) in [5.74, 6) is 1.93. The highest BCUT2D eigenvalue weighted by atomic mass is 16.1. The van der Waals surface area contributed by atoms with Gasteiger partial charge in [0.25, 0.3) is 0 Å². The SMILES string of the molecule is O=C1CCC2CN(CCc3ccccc3)CC2C1. The lowest BCUT2D eigenvalue weighted by molar-refractivity contribution is -0.122. The molecule has 96 valence electrons. The molecular formula is C16H21NO. The molecule has 18 heavy (non-hydrogen) atoms. The molecule has 1 heterocycles. The number of Topliss-reactive ketones (excluding diaryl/α,β-unsaturated/α-hetero) is 1. The van der Waals surface area contributed by atoms with E-state index < -0.39 is 0 Å². The molecule has 1 saturated carbocycles. The standard InChI is InChI=1S/C16H21NO/c18-16-7-6-14-11-17(12-15(14)10-16)9-8-13-4-2-1-3-5-13/h1-5,14-15H,6-12H2. The van der Waals surface area contributed by atoms with E-state index in [1.807, 2.05) is 0 Å². The number of fused-ring (bicyclic) bond motifs is 1. The van der Waals surface area contributed by atoms with Gasteiger partial charge in [0.05, 0.1) is 0 Å². The van der Waals surface area contributed by atoms with E-state index in [0.717, 1.165) is 44.7 Å². The predicted molar refractivity (Wildman–Crippen MR) is 72.4 cm³/mol. The highest BCUT2D eigenvalue weighted by Gasteiger charge is 2.36. The molecule has 2 aliphatic rings. The van der Waals surface area contributed by atoms with Gasteiger partial charge in [-0.2, -0.15) is 0 Å². The van der Waals surface area contributed by atoms with Crippen molar-refractivity contribution in [3.63, 3.8) is 0 Å². The minimum Gasteiger partial charge on any atom is -0.302 e. The van der Waals surface area contributed by atoms with Gasteiger partial charge in [0.2, 0.25) is 0 Å². The highest BCUT2D eigenvalue weighted by molar-refractivity contribution is 5.79. The fourth-order valence-electron chi connectivity index (χ4n) is 3.45. The summed E-state index contributed by atoms with van der Waals surface area (Å²) in [4.78, 5) is 14.0. The number of rotatable bonds is 3. The highest BCUT2D eigenvalue weighted by Crippen LogP contribution is 2.34. The van der Waals surface area contributed by atoms with E-state index in [0.29, 0.717) is 11.7 Å². The van der Waals surface area contributed by atoms with Crippen LogP contribution in [0, 0.1) is 11.8 Å². The molecule has 1 aromatic carbocycles. The molecule has 2 unspecified atom stereocenters. The Kier molecular flexibility index (Phi) is 3.46. The first-order chi connectivity index (χ1) is 8.81. The average molecular weight is 243 g/mol. The van der Waals surface area contributed by atoms with Crippen LogP contribution in [0.2, 0.25) is 0 Å².